The number of amides is 2. The number of piperidine rings is 1. The minimum atomic E-state index is -0.291. The summed E-state index contributed by atoms with van der Waals surface area (Å²) in [5.74, 6) is 2.18. The van der Waals surface area contributed by atoms with Crippen molar-refractivity contribution < 1.29 is 19.1 Å². The standard InChI is InChI=1S/C22H40N4O4.C4H8/c1-5-16(13-23-3)17-9-10-18-19(12-17)25(14-15(2)26(18)22(28)29-4)21(27)30-20-8-6-7-11-24-20;1-4-2-3-4/h15-20,23-24H,5-14H2,1-4H3;4H,2-3H2,1H3. The van der Waals surface area contributed by atoms with Crippen LogP contribution in [0.25, 0.3) is 0 Å². The van der Waals surface area contributed by atoms with Gasteiger partial charge in [0.15, 0.2) is 6.23 Å². The second-order valence-corrected chi connectivity index (χ2v) is 10.8. The van der Waals surface area contributed by atoms with E-state index in [9.17, 15) is 9.59 Å². The number of rotatable bonds is 5. The van der Waals surface area contributed by atoms with Crippen LogP contribution in [0.15, 0.2) is 0 Å². The summed E-state index contributed by atoms with van der Waals surface area (Å²) in [5, 5.41) is 6.62. The maximum Gasteiger partial charge on any atom is 0.411 e. The van der Waals surface area contributed by atoms with Gasteiger partial charge in [-0.2, -0.15) is 0 Å². The van der Waals surface area contributed by atoms with Crippen molar-refractivity contribution in [3.8, 4) is 0 Å². The van der Waals surface area contributed by atoms with Crippen LogP contribution in [0.4, 0.5) is 9.59 Å². The van der Waals surface area contributed by atoms with E-state index in [1.54, 1.807) is 0 Å². The van der Waals surface area contributed by atoms with Gasteiger partial charge in [0.2, 0.25) is 0 Å². The lowest BCUT2D eigenvalue weighted by Gasteiger charge is -2.53. The molecule has 2 amide bonds. The third kappa shape index (κ3) is 7.00. The summed E-state index contributed by atoms with van der Waals surface area (Å²) >= 11 is 0. The van der Waals surface area contributed by atoms with Crippen LogP contribution in [0.5, 0.6) is 0 Å². The lowest BCUT2D eigenvalue weighted by atomic mass is 9.73. The molecule has 4 aliphatic rings. The smallest absolute Gasteiger partial charge is 0.411 e. The molecule has 2 heterocycles. The molecular weight excluding hydrogens is 432 g/mol. The van der Waals surface area contributed by atoms with E-state index in [4.69, 9.17) is 9.47 Å². The van der Waals surface area contributed by atoms with E-state index < -0.39 is 0 Å². The highest BCUT2D eigenvalue weighted by Gasteiger charge is 2.49. The molecule has 4 fully saturated rings. The van der Waals surface area contributed by atoms with E-state index in [0.29, 0.717) is 18.4 Å². The molecule has 2 N–H and O–H groups in total. The van der Waals surface area contributed by atoms with E-state index in [1.807, 2.05) is 23.8 Å². The first kappa shape index (κ1) is 27.1. The van der Waals surface area contributed by atoms with E-state index in [-0.39, 0.29) is 36.5 Å². The molecule has 0 spiro atoms. The summed E-state index contributed by atoms with van der Waals surface area (Å²) < 4.78 is 10.9. The van der Waals surface area contributed by atoms with Gasteiger partial charge in [-0.25, -0.2) is 9.59 Å². The number of fused-ring (bicyclic) bond motifs is 1. The van der Waals surface area contributed by atoms with Crippen LogP contribution in [0.2, 0.25) is 0 Å². The lowest BCUT2D eigenvalue weighted by Crippen LogP contribution is -2.67. The summed E-state index contributed by atoms with van der Waals surface area (Å²) in [6.45, 7) is 8.86. The molecule has 2 aliphatic heterocycles. The number of hydrogen-bond donors (Lipinski definition) is 2. The summed E-state index contributed by atoms with van der Waals surface area (Å²) in [6, 6.07) is -0.140. The summed E-state index contributed by atoms with van der Waals surface area (Å²) in [6.07, 6.45) is 9.26. The van der Waals surface area contributed by atoms with Crippen LogP contribution in [-0.2, 0) is 9.47 Å². The van der Waals surface area contributed by atoms with Gasteiger partial charge in [0.25, 0.3) is 0 Å². The number of methoxy groups -OCH3 is 1. The molecule has 0 aromatic heterocycles. The minimum Gasteiger partial charge on any atom is -0.453 e. The zero-order valence-corrected chi connectivity index (χ0v) is 22.1. The number of piperazine rings is 1. The monoisotopic (exact) mass is 480 g/mol. The Kier molecular flexibility index (Phi) is 10.3. The van der Waals surface area contributed by atoms with Crippen molar-refractivity contribution in [2.24, 2.45) is 17.8 Å². The molecule has 0 radical (unpaired) electrons. The number of ether oxygens (including phenoxy) is 2. The molecule has 0 aromatic carbocycles. The van der Waals surface area contributed by atoms with Gasteiger partial charge in [-0.1, -0.05) is 33.1 Å². The van der Waals surface area contributed by atoms with E-state index in [2.05, 4.69) is 24.5 Å². The molecule has 2 saturated carbocycles. The Balaban J connectivity index is 0.000000732. The fraction of sp³-hybridized carbons (Fsp3) is 0.923. The second kappa shape index (κ2) is 13.0. The average Bonchev–Trinajstić information content (AvgIpc) is 3.64. The van der Waals surface area contributed by atoms with Gasteiger partial charge in [0, 0.05) is 6.54 Å². The molecule has 0 bridgehead atoms. The highest BCUT2D eigenvalue weighted by atomic mass is 16.6. The SMILES string of the molecule is CC1CC1.CCC(CNC)C1CCC2C(C1)N(C(=O)OC1CCCCN1)CC(C)N2C(=O)OC. The Hall–Kier alpha value is -1.54. The molecule has 2 aliphatic carbocycles. The van der Waals surface area contributed by atoms with Crippen LogP contribution in [0.3, 0.4) is 0 Å². The quantitative estimate of drug-likeness (QED) is 0.614. The Morgan fingerprint density at radius 2 is 1.79 bits per heavy atom. The van der Waals surface area contributed by atoms with E-state index >= 15 is 0 Å². The van der Waals surface area contributed by atoms with Gasteiger partial charge >= 0.3 is 12.2 Å². The van der Waals surface area contributed by atoms with Gasteiger partial charge in [0.1, 0.15) is 0 Å². The van der Waals surface area contributed by atoms with Gasteiger partial charge in [-0.05, 0) is 83.3 Å². The average molecular weight is 481 g/mol. The minimum absolute atomic E-state index is 0.0172. The summed E-state index contributed by atoms with van der Waals surface area (Å²) in [7, 11) is 3.43. The Morgan fingerprint density at radius 1 is 1.06 bits per heavy atom. The molecular formula is C26H48N4O4. The summed E-state index contributed by atoms with van der Waals surface area (Å²) in [5.41, 5.74) is 0. The van der Waals surface area contributed by atoms with Crippen molar-refractivity contribution in [1.29, 1.82) is 0 Å². The van der Waals surface area contributed by atoms with Crippen molar-refractivity contribution in [3.05, 3.63) is 0 Å². The largest absolute Gasteiger partial charge is 0.453 e. The summed E-state index contributed by atoms with van der Waals surface area (Å²) in [4.78, 5) is 29.5. The Labute approximate surface area is 206 Å². The number of nitrogens with zero attached hydrogens (tertiary/aromatic N) is 2. The van der Waals surface area contributed by atoms with E-state index in [0.717, 1.165) is 64.0 Å². The second-order valence-electron chi connectivity index (χ2n) is 10.8. The highest BCUT2D eigenvalue weighted by molar-refractivity contribution is 5.72. The van der Waals surface area contributed by atoms with Crippen molar-refractivity contribution in [2.45, 2.75) is 103 Å². The third-order valence-electron chi connectivity index (χ3n) is 8.17. The zero-order valence-electron chi connectivity index (χ0n) is 22.1. The van der Waals surface area contributed by atoms with Gasteiger partial charge < -0.3 is 19.7 Å². The van der Waals surface area contributed by atoms with Crippen molar-refractivity contribution >= 4 is 12.2 Å². The third-order valence-corrected chi connectivity index (χ3v) is 8.17. The van der Waals surface area contributed by atoms with Crippen molar-refractivity contribution in [3.63, 3.8) is 0 Å². The molecule has 0 aromatic rings. The zero-order chi connectivity index (χ0) is 24.7. The predicted molar refractivity (Wildman–Crippen MR) is 134 cm³/mol. The van der Waals surface area contributed by atoms with Crippen LogP contribution >= 0.6 is 0 Å². The predicted octanol–water partition coefficient (Wildman–Crippen LogP) is 4.19. The molecule has 6 atom stereocenters. The van der Waals surface area contributed by atoms with Crippen molar-refractivity contribution in [2.75, 3.05) is 33.8 Å². The van der Waals surface area contributed by atoms with Gasteiger partial charge in [-0.15, -0.1) is 0 Å². The van der Waals surface area contributed by atoms with Crippen LogP contribution in [0, 0.1) is 17.8 Å². The van der Waals surface area contributed by atoms with Gasteiger partial charge in [0.05, 0.1) is 25.2 Å². The first-order valence-corrected chi connectivity index (χ1v) is 13.6. The molecule has 6 unspecified atom stereocenters. The number of carbonyl (C=O) groups is 2. The maximum absolute atomic E-state index is 13.2. The highest BCUT2D eigenvalue weighted by Crippen LogP contribution is 2.40. The Morgan fingerprint density at radius 3 is 2.35 bits per heavy atom. The number of nitrogens with one attached hydrogen (secondary N) is 2. The fourth-order valence-electron chi connectivity index (χ4n) is 5.90. The molecule has 2 saturated heterocycles. The van der Waals surface area contributed by atoms with Crippen LogP contribution in [0.1, 0.15) is 78.6 Å². The Bertz CT molecular complexity index is 653. The van der Waals surface area contributed by atoms with Crippen molar-refractivity contribution in [1.82, 2.24) is 20.4 Å². The normalized spacial score (nSPS) is 32.1. The molecule has 8 nitrogen and oxygen atoms in total. The van der Waals surface area contributed by atoms with Crippen LogP contribution in [-0.4, -0.2) is 80.1 Å². The molecule has 34 heavy (non-hydrogen) atoms. The van der Waals surface area contributed by atoms with Gasteiger partial charge in [-0.3, -0.25) is 10.2 Å². The number of carbonyl (C=O) groups excluding carboxylic acids is 2. The van der Waals surface area contributed by atoms with Crippen LogP contribution < -0.4 is 10.6 Å². The maximum atomic E-state index is 13.2. The number of hydrogen-bond acceptors (Lipinski definition) is 6. The fourth-order valence-corrected chi connectivity index (χ4v) is 5.90. The topological polar surface area (TPSA) is 83.1 Å². The first-order chi connectivity index (χ1) is 16.4. The molecule has 196 valence electrons. The molecule has 4 rings (SSSR count). The molecule has 8 heteroatoms. The first-order valence-electron chi connectivity index (χ1n) is 13.6. The van der Waals surface area contributed by atoms with E-state index in [1.165, 1.54) is 20.0 Å². The lowest BCUT2D eigenvalue weighted by molar-refractivity contribution is -0.0520.